The molecule has 2 atom stereocenters. The molecule has 0 aromatic rings. The summed E-state index contributed by atoms with van der Waals surface area (Å²) in [6.45, 7) is 4.77. The second-order valence-electron chi connectivity index (χ2n) is 5.18. The van der Waals surface area contributed by atoms with Crippen LogP contribution >= 0.6 is 0 Å². The predicted octanol–water partition coefficient (Wildman–Crippen LogP) is 0.497. The number of ether oxygens (including phenoxy) is 1. The summed E-state index contributed by atoms with van der Waals surface area (Å²) < 4.78 is 5.00. The summed E-state index contributed by atoms with van der Waals surface area (Å²) in [6.07, 6.45) is -2.40. The molecule has 18 heavy (non-hydrogen) atoms. The monoisotopic (exact) mass is 263 g/mol. The van der Waals surface area contributed by atoms with Crippen LogP contribution in [0.2, 0.25) is 0 Å². The molecule has 0 aliphatic heterocycles. The molecular formula is C11H21NO6. The van der Waals surface area contributed by atoms with Gasteiger partial charge in [-0.25, -0.2) is 0 Å². The molecule has 2 N–H and O–H groups in total. The Labute approximate surface area is 106 Å². The summed E-state index contributed by atoms with van der Waals surface area (Å²) in [7, 11) is 0. The number of esters is 1. The van der Waals surface area contributed by atoms with E-state index in [1.54, 1.807) is 20.8 Å². The molecule has 0 aliphatic carbocycles. The van der Waals surface area contributed by atoms with Crippen LogP contribution in [0.1, 0.15) is 40.0 Å². The lowest BCUT2D eigenvalue weighted by Crippen LogP contribution is -2.28. The summed E-state index contributed by atoms with van der Waals surface area (Å²) in [4.78, 5) is 20.9. The number of carbonyl (C=O) groups is 1. The lowest BCUT2D eigenvalue weighted by molar-refractivity contribution is -0.482. The largest absolute Gasteiger partial charge is 0.460 e. The summed E-state index contributed by atoms with van der Waals surface area (Å²) in [5, 5.41) is 29.0. The summed E-state index contributed by atoms with van der Waals surface area (Å²) >= 11 is 0. The van der Waals surface area contributed by atoms with Crippen molar-refractivity contribution in [2.24, 2.45) is 0 Å². The third-order valence-electron chi connectivity index (χ3n) is 2.01. The highest BCUT2D eigenvalue weighted by molar-refractivity contribution is 5.70. The minimum atomic E-state index is -1.05. The van der Waals surface area contributed by atoms with Gasteiger partial charge < -0.3 is 14.9 Å². The zero-order valence-corrected chi connectivity index (χ0v) is 11.0. The van der Waals surface area contributed by atoms with Crippen molar-refractivity contribution in [1.82, 2.24) is 0 Å². The normalized spacial score (nSPS) is 14.9. The fraction of sp³-hybridized carbons (Fsp3) is 0.909. The molecule has 0 bridgehead atoms. The molecule has 106 valence electrons. The Bertz CT molecular complexity index is 286. The maximum Gasteiger partial charge on any atom is 0.308 e. The van der Waals surface area contributed by atoms with Crippen LogP contribution in [0.25, 0.3) is 0 Å². The minimum Gasteiger partial charge on any atom is -0.460 e. The Balaban J connectivity index is 3.92. The Morgan fingerprint density at radius 1 is 1.33 bits per heavy atom. The molecule has 0 heterocycles. The van der Waals surface area contributed by atoms with Gasteiger partial charge in [-0.15, -0.1) is 0 Å². The highest BCUT2D eigenvalue weighted by Gasteiger charge is 2.21. The van der Waals surface area contributed by atoms with Gasteiger partial charge in [-0.05, 0) is 20.8 Å². The highest BCUT2D eigenvalue weighted by atomic mass is 16.6. The van der Waals surface area contributed by atoms with E-state index >= 15 is 0 Å². The first-order chi connectivity index (χ1) is 8.10. The van der Waals surface area contributed by atoms with Crippen LogP contribution in [0.5, 0.6) is 0 Å². The molecule has 0 aliphatic rings. The molecule has 0 aromatic heterocycles. The molecule has 0 saturated carbocycles. The van der Waals surface area contributed by atoms with Crippen molar-refractivity contribution >= 4 is 5.97 Å². The molecule has 2 unspecified atom stereocenters. The first-order valence-electron chi connectivity index (χ1n) is 5.80. The van der Waals surface area contributed by atoms with Gasteiger partial charge in [0, 0.05) is 17.8 Å². The molecule has 0 spiro atoms. The summed E-state index contributed by atoms with van der Waals surface area (Å²) in [5.74, 6) is -0.559. The van der Waals surface area contributed by atoms with Crippen molar-refractivity contribution in [2.75, 3.05) is 6.54 Å². The van der Waals surface area contributed by atoms with Crippen LogP contribution in [0.3, 0.4) is 0 Å². The molecule has 0 rings (SSSR count). The first kappa shape index (κ1) is 16.8. The number of aliphatic hydroxyl groups excluding tert-OH is 2. The standard InChI is InChI=1S/C11H21NO6/c1-11(2,3)18-10(15)7-9(14)6-8(13)4-5-12(16)17/h8-9,13-14H,4-7H2,1-3H3. The van der Waals surface area contributed by atoms with Crippen LogP contribution in [-0.2, 0) is 9.53 Å². The Kier molecular flexibility index (Phi) is 6.79. The van der Waals surface area contributed by atoms with E-state index in [1.807, 2.05) is 0 Å². The topological polar surface area (TPSA) is 110 Å². The van der Waals surface area contributed by atoms with Crippen LogP contribution in [-0.4, -0.2) is 45.5 Å². The van der Waals surface area contributed by atoms with Crippen LogP contribution in [0, 0.1) is 10.1 Å². The van der Waals surface area contributed by atoms with E-state index in [2.05, 4.69) is 0 Å². The second-order valence-corrected chi connectivity index (χ2v) is 5.18. The number of hydrogen-bond acceptors (Lipinski definition) is 6. The smallest absolute Gasteiger partial charge is 0.308 e. The molecule has 0 amide bonds. The Morgan fingerprint density at radius 3 is 2.33 bits per heavy atom. The fourth-order valence-corrected chi connectivity index (χ4v) is 1.35. The summed E-state index contributed by atoms with van der Waals surface area (Å²) in [5.41, 5.74) is -0.624. The quantitative estimate of drug-likeness (QED) is 0.393. The number of aliphatic hydroxyl groups is 2. The molecule has 0 saturated heterocycles. The van der Waals surface area contributed by atoms with Crippen LogP contribution in [0.4, 0.5) is 0 Å². The van der Waals surface area contributed by atoms with Gasteiger partial charge in [-0.3, -0.25) is 14.9 Å². The van der Waals surface area contributed by atoms with E-state index in [-0.39, 0.29) is 25.8 Å². The fourth-order valence-electron chi connectivity index (χ4n) is 1.35. The maximum atomic E-state index is 11.3. The third-order valence-corrected chi connectivity index (χ3v) is 2.01. The summed E-state index contributed by atoms with van der Waals surface area (Å²) in [6, 6.07) is 0. The van der Waals surface area contributed by atoms with Crippen molar-refractivity contribution in [2.45, 2.75) is 57.8 Å². The van der Waals surface area contributed by atoms with Crippen LogP contribution in [0.15, 0.2) is 0 Å². The van der Waals surface area contributed by atoms with E-state index in [1.165, 1.54) is 0 Å². The number of carbonyl (C=O) groups excluding carboxylic acids is 1. The zero-order chi connectivity index (χ0) is 14.3. The number of nitrogens with zero attached hydrogens (tertiary/aromatic N) is 1. The highest BCUT2D eigenvalue weighted by Crippen LogP contribution is 2.12. The Hall–Kier alpha value is -1.21. The second kappa shape index (κ2) is 7.27. The van der Waals surface area contributed by atoms with Crippen LogP contribution < -0.4 is 0 Å². The van der Waals surface area contributed by atoms with Gasteiger partial charge in [0.25, 0.3) is 0 Å². The van der Waals surface area contributed by atoms with E-state index in [9.17, 15) is 25.1 Å². The van der Waals surface area contributed by atoms with Gasteiger partial charge in [0.1, 0.15) is 5.60 Å². The first-order valence-corrected chi connectivity index (χ1v) is 5.80. The van der Waals surface area contributed by atoms with E-state index < -0.39 is 28.7 Å². The average Bonchev–Trinajstić information content (AvgIpc) is 2.10. The molecule has 7 nitrogen and oxygen atoms in total. The lowest BCUT2D eigenvalue weighted by Gasteiger charge is -2.21. The van der Waals surface area contributed by atoms with Gasteiger partial charge in [-0.2, -0.15) is 0 Å². The van der Waals surface area contributed by atoms with Crippen molar-refractivity contribution in [3.8, 4) is 0 Å². The molecule has 7 heteroatoms. The van der Waals surface area contributed by atoms with Crippen molar-refractivity contribution < 1.29 is 24.7 Å². The minimum absolute atomic E-state index is 0.0433. The van der Waals surface area contributed by atoms with Gasteiger partial charge in [0.05, 0.1) is 18.6 Å². The van der Waals surface area contributed by atoms with E-state index in [0.29, 0.717) is 0 Å². The van der Waals surface area contributed by atoms with E-state index in [4.69, 9.17) is 4.74 Å². The van der Waals surface area contributed by atoms with Crippen molar-refractivity contribution in [3.63, 3.8) is 0 Å². The Morgan fingerprint density at radius 2 is 1.89 bits per heavy atom. The van der Waals surface area contributed by atoms with Gasteiger partial charge in [-0.1, -0.05) is 0 Å². The van der Waals surface area contributed by atoms with Gasteiger partial charge in [0.2, 0.25) is 6.54 Å². The molecule has 0 aromatic carbocycles. The maximum absolute atomic E-state index is 11.3. The van der Waals surface area contributed by atoms with Crippen molar-refractivity contribution in [3.05, 3.63) is 10.1 Å². The lowest BCUT2D eigenvalue weighted by atomic mass is 10.1. The number of rotatable bonds is 7. The predicted molar refractivity (Wildman–Crippen MR) is 63.6 cm³/mol. The average molecular weight is 263 g/mol. The number of nitro groups is 1. The van der Waals surface area contributed by atoms with Gasteiger partial charge in [0.15, 0.2) is 0 Å². The van der Waals surface area contributed by atoms with Crippen molar-refractivity contribution in [1.29, 1.82) is 0 Å². The molecular weight excluding hydrogens is 242 g/mol. The zero-order valence-electron chi connectivity index (χ0n) is 11.0. The molecule has 0 fully saturated rings. The van der Waals surface area contributed by atoms with E-state index in [0.717, 1.165) is 0 Å². The van der Waals surface area contributed by atoms with Gasteiger partial charge >= 0.3 is 5.97 Å². The third kappa shape index (κ3) is 9.98. The molecule has 0 radical (unpaired) electrons. The SMILES string of the molecule is CC(C)(C)OC(=O)CC(O)CC(O)CC[N+](=O)[O-]. The number of hydrogen-bond donors (Lipinski definition) is 2.